The molecule has 0 aliphatic carbocycles. The van der Waals surface area contributed by atoms with E-state index < -0.39 is 0 Å². The van der Waals surface area contributed by atoms with Gasteiger partial charge in [-0.2, -0.15) is 0 Å². The molecule has 0 heteroatoms. The molecule has 0 atom stereocenters. The second kappa shape index (κ2) is 6.90. The molecule has 0 aromatic heterocycles. The molecule has 17 heavy (non-hydrogen) atoms. The van der Waals surface area contributed by atoms with Gasteiger partial charge in [0.15, 0.2) is 0 Å². The van der Waals surface area contributed by atoms with Gasteiger partial charge in [-0.3, -0.25) is 0 Å². The van der Waals surface area contributed by atoms with Crippen LogP contribution in [-0.2, 0) is 6.42 Å². The van der Waals surface area contributed by atoms with Crippen LogP contribution in [0.5, 0.6) is 0 Å². The Kier molecular flexibility index (Phi) is 5.48. The minimum Gasteiger partial charge on any atom is -0.0683 e. The molecule has 0 aliphatic heterocycles. The summed E-state index contributed by atoms with van der Waals surface area (Å²) >= 11 is 0. The van der Waals surface area contributed by atoms with Crippen LogP contribution in [0.3, 0.4) is 0 Å². The molecule has 90 valence electrons. The molecule has 0 amide bonds. The number of hydrogen-bond donors (Lipinski definition) is 0. The highest BCUT2D eigenvalue weighted by Gasteiger charge is 1.97. The topological polar surface area (TPSA) is 0 Å². The predicted molar refractivity (Wildman–Crippen MR) is 77.3 cm³/mol. The molecule has 2 aromatic carbocycles. The normalized spacial score (nSPS) is 9.41. The zero-order valence-electron chi connectivity index (χ0n) is 11.3. The second-order valence-electron chi connectivity index (χ2n) is 3.92. The Hall–Kier alpha value is -1.56. The summed E-state index contributed by atoms with van der Waals surface area (Å²) in [6.07, 6.45) is 1.10. The Morgan fingerprint density at radius 2 is 1.47 bits per heavy atom. The van der Waals surface area contributed by atoms with E-state index in [4.69, 9.17) is 0 Å². The fourth-order valence-corrected chi connectivity index (χ4v) is 1.72. The summed E-state index contributed by atoms with van der Waals surface area (Å²) in [4.78, 5) is 0. The van der Waals surface area contributed by atoms with E-state index in [1.54, 1.807) is 0 Å². The maximum atomic E-state index is 2.27. The molecule has 0 aliphatic rings. The third-order valence-electron chi connectivity index (χ3n) is 2.72. The van der Waals surface area contributed by atoms with E-state index in [2.05, 4.69) is 62.4 Å². The van der Waals surface area contributed by atoms with Crippen molar-refractivity contribution in [3.8, 4) is 11.1 Å². The van der Waals surface area contributed by atoms with Crippen LogP contribution in [0.25, 0.3) is 11.1 Å². The molecule has 0 unspecified atom stereocenters. The summed E-state index contributed by atoms with van der Waals surface area (Å²) in [6.45, 7) is 8.31. The zero-order chi connectivity index (χ0) is 12.7. The SMILES string of the molecule is CC.CCc1cccc(-c2ccc(C)cc2)c1. The van der Waals surface area contributed by atoms with E-state index >= 15 is 0 Å². The van der Waals surface area contributed by atoms with Crippen LogP contribution >= 0.6 is 0 Å². The van der Waals surface area contributed by atoms with Crippen LogP contribution in [0.1, 0.15) is 31.9 Å². The Morgan fingerprint density at radius 1 is 0.824 bits per heavy atom. The van der Waals surface area contributed by atoms with Crippen LogP contribution in [0.15, 0.2) is 48.5 Å². The van der Waals surface area contributed by atoms with Crippen LogP contribution in [0, 0.1) is 6.92 Å². The fraction of sp³-hybridized carbons (Fsp3) is 0.294. The van der Waals surface area contributed by atoms with Crippen molar-refractivity contribution in [1.82, 2.24) is 0 Å². The molecular formula is C17H22. The van der Waals surface area contributed by atoms with Crippen molar-refractivity contribution in [1.29, 1.82) is 0 Å². The Bertz CT molecular complexity index is 438. The van der Waals surface area contributed by atoms with Crippen molar-refractivity contribution in [3.05, 3.63) is 59.7 Å². The molecular weight excluding hydrogens is 204 g/mol. The average molecular weight is 226 g/mol. The molecule has 2 rings (SSSR count). The first-order chi connectivity index (χ1) is 8.29. The van der Waals surface area contributed by atoms with Gasteiger partial charge in [0.2, 0.25) is 0 Å². The predicted octanol–water partition coefficient (Wildman–Crippen LogP) is 5.25. The average Bonchev–Trinajstić information content (AvgIpc) is 2.42. The lowest BCUT2D eigenvalue weighted by atomic mass is 10.0. The first kappa shape index (κ1) is 13.5. The maximum Gasteiger partial charge on any atom is -0.0181 e. The van der Waals surface area contributed by atoms with E-state index in [1.165, 1.54) is 22.3 Å². The van der Waals surface area contributed by atoms with Gasteiger partial charge in [-0.1, -0.05) is 74.9 Å². The van der Waals surface area contributed by atoms with E-state index in [0.29, 0.717) is 0 Å². The minimum atomic E-state index is 1.10. The van der Waals surface area contributed by atoms with Crippen LogP contribution in [0.2, 0.25) is 0 Å². The molecule has 0 heterocycles. The highest BCUT2D eigenvalue weighted by Crippen LogP contribution is 2.20. The highest BCUT2D eigenvalue weighted by atomic mass is 14.0. The van der Waals surface area contributed by atoms with E-state index in [9.17, 15) is 0 Å². The van der Waals surface area contributed by atoms with Crippen LogP contribution in [-0.4, -0.2) is 0 Å². The molecule has 0 saturated heterocycles. The van der Waals surface area contributed by atoms with E-state index in [-0.39, 0.29) is 0 Å². The fourth-order valence-electron chi connectivity index (χ4n) is 1.72. The van der Waals surface area contributed by atoms with Crippen molar-refractivity contribution < 1.29 is 0 Å². The Morgan fingerprint density at radius 3 is 2.06 bits per heavy atom. The summed E-state index contributed by atoms with van der Waals surface area (Å²) in [7, 11) is 0. The lowest BCUT2D eigenvalue weighted by Crippen LogP contribution is -1.82. The largest absolute Gasteiger partial charge is 0.0683 e. The smallest absolute Gasteiger partial charge is 0.0181 e. The molecule has 2 aromatic rings. The number of hydrogen-bond acceptors (Lipinski definition) is 0. The lowest BCUT2D eigenvalue weighted by molar-refractivity contribution is 1.14. The molecule has 0 spiro atoms. The molecule has 0 saturated carbocycles. The van der Waals surface area contributed by atoms with Crippen molar-refractivity contribution in [2.75, 3.05) is 0 Å². The van der Waals surface area contributed by atoms with Gasteiger partial charge < -0.3 is 0 Å². The van der Waals surface area contributed by atoms with Gasteiger partial charge in [-0.15, -0.1) is 0 Å². The van der Waals surface area contributed by atoms with Crippen molar-refractivity contribution in [2.24, 2.45) is 0 Å². The minimum absolute atomic E-state index is 1.10. The maximum absolute atomic E-state index is 2.27. The van der Waals surface area contributed by atoms with Gasteiger partial charge in [-0.25, -0.2) is 0 Å². The van der Waals surface area contributed by atoms with Gasteiger partial charge in [0, 0.05) is 0 Å². The standard InChI is InChI=1S/C15H16.C2H6/c1-3-13-5-4-6-15(11-13)14-9-7-12(2)8-10-14;1-2/h4-11H,3H2,1-2H3;1-2H3. The number of aryl methyl sites for hydroxylation is 2. The molecule has 0 fully saturated rings. The number of rotatable bonds is 2. The summed E-state index contributed by atoms with van der Waals surface area (Å²) in [5, 5.41) is 0. The third-order valence-corrected chi connectivity index (χ3v) is 2.72. The summed E-state index contributed by atoms with van der Waals surface area (Å²) in [5.74, 6) is 0. The molecule has 0 bridgehead atoms. The summed E-state index contributed by atoms with van der Waals surface area (Å²) in [5.41, 5.74) is 5.32. The summed E-state index contributed by atoms with van der Waals surface area (Å²) in [6, 6.07) is 17.4. The van der Waals surface area contributed by atoms with Gasteiger partial charge >= 0.3 is 0 Å². The number of benzene rings is 2. The third kappa shape index (κ3) is 3.74. The van der Waals surface area contributed by atoms with Gasteiger partial charge in [-0.05, 0) is 30.0 Å². The van der Waals surface area contributed by atoms with Gasteiger partial charge in [0.05, 0.1) is 0 Å². The highest BCUT2D eigenvalue weighted by molar-refractivity contribution is 5.64. The van der Waals surface area contributed by atoms with E-state index in [0.717, 1.165) is 6.42 Å². The Balaban J connectivity index is 0.000000686. The monoisotopic (exact) mass is 226 g/mol. The van der Waals surface area contributed by atoms with Gasteiger partial charge in [0.1, 0.15) is 0 Å². The first-order valence-corrected chi connectivity index (χ1v) is 6.45. The molecule has 0 N–H and O–H groups in total. The van der Waals surface area contributed by atoms with Crippen LogP contribution < -0.4 is 0 Å². The van der Waals surface area contributed by atoms with E-state index in [1.807, 2.05) is 13.8 Å². The van der Waals surface area contributed by atoms with Crippen molar-refractivity contribution in [2.45, 2.75) is 34.1 Å². The van der Waals surface area contributed by atoms with Crippen molar-refractivity contribution >= 4 is 0 Å². The summed E-state index contributed by atoms with van der Waals surface area (Å²) < 4.78 is 0. The quantitative estimate of drug-likeness (QED) is 0.656. The first-order valence-electron chi connectivity index (χ1n) is 6.45. The van der Waals surface area contributed by atoms with Crippen LogP contribution in [0.4, 0.5) is 0 Å². The lowest BCUT2D eigenvalue weighted by Gasteiger charge is -2.04. The second-order valence-corrected chi connectivity index (χ2v) is 3.92. The van der Waals surface area contributed by atoms with Gasteiger partial charge in [0.25, 0.3) is 0 Å². The zero-order valence-corrected chi connectivity index (χ0v) is 11.3. The molecule has 0 nitrogen and oxygen atoms in total. The Labute approximate surface area is 105 Å². The van der Waals surface area contributed by atoms with Crippen molar-refractivity contribution in [3.63, 3.8) is 0 Å². The molecule has 0 radical (unpaired) electrons.